The Morgan fingerprint density at radius 3 is 2.25 bits per heavy atom. The van der Waals surface area contributed by atoms with Gasteiger partial charge in [-0.25, -0.2) is 0 Å². The van der Waals surface area contributed by atoms with Crippen molar-refractivity contribution in [1.82, 2.24) is 4.90 Å². The van der Waals surface area contributed by atoms with Crippen LogP contribution < -0.4 is 5.73 Å². The van der Waals surface area contributed by atoms with E-state index >= 15 is 0 Å². The number of rotatable bonds is 1. The number of nitriles is 1. The zero-order chi connectivity index (χ0) is 9.19. The highest BCUT2D eigenvalue weighted by Crippen LogP contribution is 2.19. The van der Waals surface area contributed by atoms with E-state index in [0.717, 1.165) is 25.9 Å². The summed E-state index contributed by atoms with van der Waals surface area (Å²) < 4.78 is 0. The molecular formula is C9H17N3. The van der Waals surface area contributed by atoms with Crippen molar-refractivity contribution in [3.05, 3.63) is 0 Å². The molecule has 0 aliphatic carbocycles. The van der Waals surface area contributed by atoms with Gasteiger partial charge in [0, 0.05) is 19.1 Å². The summed E-state index contributed by atoms with van der Waals surface area (Å²) in [6.45, 7) is 6.27. The largest absolute Gasteiger partial charge is 0.313 e. The molecule has 1 heterocycles. The molecule has 0 amide bonds. The summed E-state index contributed by atoms with van der Waals surface area (Å²) in [6.07, 6.45) is 1.61. The van der Waals surface area contributed by atoms with Gasteiger partial charge in [-0.3, -0.25) is 0 Å². The van der Waals surface area contributed by atoms with Gasteiger partial charge in [-0.15, -0.1) is 0 Å². The number of nitrogens with two attached hydrogens (primary N) is 1. The Morgan fingerprint density at radius 2 is 1.92 bits per heavy atom. The van der Waals surface area contributed by atoms with Crippen LogP contribution in [0.15, 0.2) is 0 Å². The molecule has 1 saturated heterocycles. The van der Waals surface area contributed by atoms with Crippen LogP contribution in [0.25, 0.3) is 0 Å². The highest BCUT2D eigenvalue weighted by molar-refractivity contribution is 5.07. The van der Waals surface area contributed by atoms with Gasteiger partial charge in [0.1, 0.15) is 5.54 Å². The average molecular weight is 167 g/mol. The van der Waals surface area contributed by atoms with Crippen LogP contribution in [0, 0.1) is 11.3 Å². The summed E-state index contributed by atoms with van der Waals surface area (Å²) in [5, 5.41) is 8.78. The molecule has 12 heavy (non-hydrogen) atoms. The van der Waals surface area contributed by atoms with Gasteiger partial charge in [-0.2, -0.15) is 5.26 Å². The molecule has 0 bridgehead atoms. The summed E-state index contributed by atoms with van der Waals surface area (Å²) in [6, 6.07) is 2.77. The average Bonchev–Trinajstić information content (AvgIpc) is 2.05. The molecule has 0 saturated carbocycles. The zero-order valence-electron chi connectivity index (χ0n) is 7.88. The zero-order valence-corrected chi connectivity index (χ0v) is 7.88. The lowest BCUT2D eigenvalue weighted by Gasteiger charge is -2.36. The van der Waals surface area contributed by atoms with E-state index in [1.807, 2.05) is 0 Å². The maximum absolute atomic E-state index is 8.78. The maximum atomic E-state index is 8.78. The number of nitrogens with zero attached hydrogens (tertiary/aromatic N) is 2. The van der Waals surface area contributed by atoms with Crippen LogP contribution in [0.2, 0.25) is 0 Å². The molecule has 0 unspecified atom stereocenters. The first kappa shape index (κ1) is 9.50. The Kier molecular flexibility index (Phi) is 2.71. The SMILES string of the molecule is CC(C)N1CCC(N)(C#N)CC1. The van der Waals surface area contributed by atoms with Crippen molar-refractivity contribution >= 4 is 0 Å². The van der Waals surface area contributed by atoms with Crippen molar-refractivity contribution < 1.29 is 0 Å². The number of hydrogen-bond donors (Lipinski definition) is 1. The van der Waals surface area contributed by atoms with Gasteiger partial charge in [0.25, 0.3) is 0 Å². The fourth-order valence-corrected chi connectivity index (χ4v) is 1.55. The molecule has 0 atom stereocenters. The Balaban J connectivity index is 2.46. The normalized spacial score (nSPS) is 23.9. The summed E-state index contributed by atoms with van der Waals surface area (Å²) in [5.41, 5.74) is 5.28. The molecule has 1 aliphatic heterocycles. The molecule has 0 aromatic rings. The Morgan fingerprint density at radius 1 is 1.42 bits per heavy atom. The van der Waals surface area contributed by atoms with E-state index in [2.05, 4.69) is 24.8 Å². The quantitative estimate of drug-likeness (QED) is 0.626. The Labute approximate surface area is 74.1 Å². The second-order valence-electron chi connectivity index (χ2n) is 3.90. The molecule has 1 rings (SSSR count). The van der Waals surface area contributed by atoms with Crippen molar-refractivity contribution in [2.24, 2.45) is 5.73 Å². The molecule has 1 fully saturated rings. The van der Waals surface area contributed by atoms with Gasteiger partial charge >= 0.3 is 0 Å². The second-order valence-corrected chi connectivity index (χ2v) is 3.90. The van der Waals surface area contributed by atoms with Gasteiger partial charge < -0.3 is 10.6 Å². The van der Waals surface area contributed by atoms with Gasteiger partial charge in [0.15, 0.2) is 0 Å². The first-order valence-corrected chi connectivity index (χ1v) is 4.51. The molecule has 0 aromatic heterocycles. The van der Waals surface area contributed by atoms with Crippen LogP contribution in [-0.2, 0) is 0 Å². The van der Waals surface area contributed by atoms with Crippen molar-refractivity contribution in [3.8, 4) is 6.07 Å². The van der Waals surface area contributed by atoms with Crippen LogP contribution in [0.5, 0.6) is 0 Å². The van der Waals surface area contributed by atoms with E-state index in [1.165, 1.54) is 0 Å². The minimum Gasteiger partial charge on any atom is -0.313 e. The van der Waals surface area contributed by atoms with E-state index in [9.17, 15) is 0 Å². The third-order valence-electron chi connectivity index (χ3n) is 2.64. The number of piperidine rings is 1. The second kappa shape index (κ2) is 3.42. The van der Waals surface area contributed by atoms with E-state index in [0.29, 0.717) is 6.04 Å². The molecule has 2 N–H and O–H groups in total. The van der Waals surface area contributed by atoms with Crippen LogP contribution in [0.3, 0.4) is 0 Å². The highest BCUT2D eigenvalue weighted by atomic mass is 15.2. The third kappa shape index (κ3) is 1.96. The topological polar surface area (TPSA) is 53.0 Å². The van der Waals surface area contributed by atoms with Crippen LogP contribution in [0.1, 0.15) is 26.7 Å². The summed E-state index contributed by atoms with van der Waals surface area (Å²) in [4.78, 5) is 2.36. The minimum atomic E-state index is -0.550. The summed E-state index contributed by atoms with van der Waals surface area (Å²) in [5.74, 6) is 0. The number of likely N-dealkylation sites (tertiary alicyclic amines) is 1. The molecule has 3 nitrogen and oxygen atoms in total. The lowest BCUT2D eigenvalue weighted by Crippen LogP contribution is -2.50. The fourth-order valence-electron chi connectivity index (χ4n) is 1.55. The molecule has 0 spiro atoms. The van der Waals surface area contributed by atoms with Gasteiger partial charge in [0.05, 0.1) is 6.07 Å². The van der Waals surface area contributed by atoms with Crippen molar-refractivity contribution in [3.63, 3.8) is 0 Å². The van der Waals surface area contributed by atoms with Gasteiger partial charge in [0.2, 0.25) is 0 Å². The number of hydrogen-bond acceptors (Lipinski definition) is 3. The van der Waals surface area contributed by atoms with Crippen molar-refractivity contribution in [2.45, 2.75) is 38.3 Å². The summed E-state index contributed by atoms with van der Waals surface area (Å²) >= 11 is 0. The van der Waals surface area contributed by atoms with E-state index in [1.54, 1.807) is 0 Å². The highest BCUT2D eigenvalue weighted by Gasteiger charge is 2.30. The molecular weight excluding hydrogens is 150 g/mol. The third-order valence-corrected chi connectivity index (χ3v) is 2.64. The standard InChI is InChI=1S/C9H17N3/c1-8(2)12-5-3-9(11,7-10)4-6-12/h8H,3-6,11H2,1-2H3. The molecule has 0 radical (unpaired) electrons. The van der Waals surface area contributed by atoms with Crippen LogP contribution in [0.4, 0.5) is 0 Å². The van der Waals surface area contributed by atoms with Crippen molar-refractivity contribution in [2.75, 3.05) is 13.1 Å². The predicted octanol–water partition coefficient (Wildman–Crippen LogP) is 0.712. The van der Waals surface area contributed by atoms with Crippen LogP contribution >= 0.6 is 0 Å². The Bertz CT molecular complexity index is 184. The lowest BCUT2D eigenvalue weighted by atomic mass is 9.90. The van der Waals surface area contributed by atoms with E-state index in [4.69, 9.17) is 11.0 Å². The van der Waals surface area contributed by atoms with Gasteiger partial charge in [-0.05, 0) is 26.7 Å². The minimum absolute atomic E-state index is 0.550. The molecule has 68 valence electrons. The lowest BCUT2D eigenvalue weighted by molar-refractivity contribution is 0.153. The predicted molar refractivity (Wildman–Crippen MR) is 48.5 cm³/mol. The van der Waals surface area contributed by atoms with E-state index < -0.39 is 5.54 Å². The van der Waals surface area contributed by atoms with Gasteiger partial charge in [-0.1, -0.05) is 0 Å². The first-order valence-electron chi connectivity index (χ1n) is 4.51. The summed E-state index contributed by atoms with van der Waals surface area (Å²) in [7, 11) is 0. The monoisotopic (exact) mass is 167 g/mol. The Hall–Kier alpha value is -0.590. The molecule has 3 heteroatoms. The fraction of sp³-hybridized carbons (Fsp3) is 0.889. The smallest absolute Gasteiger partial charge is 0.106 e. The maximum Gasteiger partial charge on any atom is 0.106 e. The van der Waals surface area contributed by atoms with E-state index in [-0.39, 0.29) is 0 Å². The van der Waals surface area contributed by atoms with Crippen LogP contribution in [-0.4, -0.2) is 29.6 Å². The molecule has 1 aliphatic rings. The first-order chi connectivity index (χ1) is 5.57. The van der Waals surface area contributed by atoms with Crippen molar-refractivity contribution in [1.29, 1.82) is 5.26 Å². The molecule has 0 aromatic carbocycles.